The van der Waals surface area contributed by atoms with Crippen molar-refractivity contribution >= 4 is 40.2 Å². The standard InChI is InChI=1S/C16H17ClN4O3S/c17-15-4-2-12(25-15)10-19-5-7-20(8-6-19)13-3-1-11(16(18)22)9-14(13)21(23)24/h1-4,9H,5-8,10H2,(H2,18,22). The maximum absolute atomic E-state index is 11.4. The molecule has 1 saturated heterocycles. The van der Waals surface area contributed by atoms with Gasteiger partial charge in [0, 0.05) is 49.2 Å². The van der Waals surface area contributed by atoms with Crippen molar-refractivity contribution in [3.05, 3.63) is 55.2 Å². The second-order valence-corrected chi connectivity index (χ2v) is 7.59. The highest BCUT2D eigenvalue weighted by Gasteiger charge is 2.25. The minimum atomic E-state index is -0.672. The van der Waals surface area contributed by atoms with Crippen molar-refractivity contribution in [3.63, 3.8) is 0 Å². The van der Waals surface area contributed by atoms with Gasteiger partial charge in [0.15, 0.2) is 0 Å². The molecule has 1 aromatic heterocycles. The summed E-state index contributed by atoms with van der Waals surface area (Å²) in [7, 11) is 0. The number of nitrogens with two attached hydrogens (primary N) is 1. The lowest BCUT2D eigenvalue weighted by atomic mass is 10.1. The second-order valence-electron chi connectivity index (χ2n) is 5.79. The van der Waals surface area contributed by atoms with E-state index in [1.165, 1.54) is 17.0 Å². The van der Waals surface area contributed by atoms with E-state index in [4.69, 9.17) is 17.3 Å². The first-order chi connectivity index (χ1) is 11.9. The van der Waals surface area contributed by atoms with E-state index in [1.807, 2.05) is 17.0 Å². The Morgan fingerprint density at radius 2 is 1.96 bits per heavy atom. The molecule has 0 atom stereocenters. The number of hydrogen-bond donors (Lipinski definition) is 1. The topological polar surface area (TPSA) is 92.7 Å². The number of benzene rings is 1. The Kier molecular flexibility index (Phi) is 5.22. The van der Waals surface area contributed by atoms with E-state index >= 15 is 0 Å². The fraction of sp³-hybridized carbons (Fsp3) is 0.312. The minimum absolute atomic E-state index is 0.0882. The van der Waals surface area contributed by atoms with Crippen LogP contribution in [0.4, 0.5) is 11.4 Å². The zero-order valence-electron chi connectivity index (χ0n) is 13.4. The Morgan fingerprint density at radius 1 is 1.24 bits per heavy atom. The number of hydrogen-bond acceptors (Lipinski definition) is 6. The van der Waals surface area contributed by atoms with Gasteiger partial charge in [-0.05, 0) is 24.3 Å². The highest BCUT2D eigenvalue weighted by molar-refractivity contribution is 7.16. The van der Waals surface area contributed by atoms with Gasteiger partial charge in [0.25, 0.3) is 5.69 Å². The molecule has 0 unspecified atom stereocenters. The molecule has 1 aromatic carbocycles. The summed E-state index contributed by atoms with van der Waals surface area (Å²) in [6.45, 7) is 3.77. The lowest BCUT2D eigenvalue weighted by Crippen LogP contribution is -2.46. The van der Waals surface area contributed by atoms with E-state index in [-0.39, 0.29) is 11.3 Å². The molecule has 0 radical (unpaired) electrons. The molecular formula is C16H17ClN4O3S. The molecule has 2 N–H and O–H groups in total. The van der Waals surface area contributed by atoms with Crippen molar-refractivity contribution in [2.24, 2.45) is 5.73 Å². The number of amides is 1. The largest absolute Gasteiger partial charge is 0.366 e. The van der Waals surface area contributed by atoms with Crippen LogP contribution in [-0.4, -0.2) is 41.9 Å². The zero-order valence-corrected chi connectivity index (χ0v) is 14.9. The minimum Gasteiger partial charge on any atom is -0.366 e. The van der Waals surface area contributed by atoms with Crippen LogP contribution in [0.25, 0.3) is 0 Å². The summed E-state index contributed by atoms with van der Waals surface area (Å²) in [6, 6.07) is 8.30. The van der Waals surface area contributed by atoms with Crippen molar-refractivity contribution in [2.45, 2.75) is 6.54 Å². The summed E-state index contributed by atoms with van der Waals surface area (Å²) in [5, 5.41) is 11.4. The summed E-state index contributed by atoms with van der Waals surface area (Å²) >= 11 is 7.52. The highest BCUT2D eigenvalue weighted by atomic mass is 35.5. The van der Waals surface area contributed by atoms with Gasteiger partial charge in [-0.3, -0.25) is 19.8 Å². The van der Waals surface area contributed by atoms with Crippen molar-refractivity contribution < 1.29 is 9.72 Å². The van der Waals surface area contributed by atoms with E-state index in [1.54, 1.807) is 17.4 Å². The van der Waals surface area contributed by atoms with Gasteiger partial charge < -0.3 is 10.6 Å². The molecule has 0 saturated carbocycles. The van der Waals surface area contributed by atoms with E-state index in [0.29, 0.717) is 18.8 Å². The molecule has 1 amide bonds. The number of thiophene rings is 1. The summed E-state index contributed by atoms with van der Waals surface area (Å²) < 4.78 is 0.777. The summed E-state index contributed by atoms with van der Waals surface area (Å²) in [6.07, 6.45) is 0. The van der Waals surface area contributed by atoms with Gasteiger partial charge in [-0.1, -0.05) is 11.6 Å². The molecule has 7 nitrogen and oxygen atoms in total. The van der Waals surface area contributed by atoms with Crippen LogP contribution >= 0.6 is 22.9 Å². The van der Waals surface area contributed by atoms with Crippen LogP contribution in [0.5, 0.6) is 0 Å². The normalized spacial score (nSPS) is 15.3. The van der Waals surface area contributed by atoms with Gasteiger partial charge in [0.1, 0.15) is 5.69 Å². The van der Waals surface area contributed by atoms with Gasteiger partial charge in [-0.2, -0.15) is 0 Å². The van der Waals surface area contributed by atoms with Crippen molar-refractivity contribution in [1.29, 1.82) is 0 Å². The van der Waals surface area contributed by atoms with Crippen molar-refractivity contribution in [3.8, 4) is 0 Å². The predicted molar refractivity (Wildman–Crippen MR) is 98.4 cm³/mol. The lowest BCUT2D eigenvalue weighted by molar-refractivity contribution is -0.384. The third kappa shape index (κ3) is 4.09. The smallest absolute Gasteiger partial charge is 0.293 e. The van der Waals surface area contributed by atoms with Crippen LogP contribution in [0.2, 0.25) is 4.34 Å². The first kappa shape index (κ1) is 17.7. The molecule has 9 heteroatoms. The third-order valence-electron chi connectivity index (χ3n) is 4.18. The number of piperazine rings is 1. The third-order valence-corrected chi connectivity index (χ3v) is 5.39. The first-order valence-corrected chi connectivity index (χ1v) is 8.93. The maximum atomic E-state index is 11.4. The van der Waals surface area contributed by atoms with Crippen molar-refractivity contribution in [2.75, 3.05) is 31.1 Å². The number of carbonyl (C=O) groups excluding carboxylic acids is 1. The van der Waals surface area contributed by atoms with Gasteiger partial charge in [0.2, 0.25) is 5.91 Å². The quantitative estimate of drug-likeness (QED) is 0.636. The molecule has 132 valence electrons. The molecule has 3 rings (SSSR count). The molecule has 2 heterocycles. The molecule has 0 bridgehead atoms. The van der Waals surface area contributed by atoms with Crippen LogP contribution in [0, 0.1) is 10.1 Å². The number of nitrogens with zero attached hydrogens (tertiary/aromatic N) is 3. The second kappa shape index (κ2) is 7.38. The fourth-order valence-corrected chi connectivity index (χ4v) is 4.02. The van der Waals surface area contributed by atoms with Crippen LogP contribution in [0.15, 0.2) is 30.3 Å². The molecule has 1 aliphatic heterocycles. The first-order valence-electron chi connectivity index (χ1n) is 7.74. The monoisotopic (exact) mass is 380 g/mol. The van der Waals surface area contributed by atoms with Crippen molar-refractivity contribution in [1.82, 2.24) is 4.90 Å². The van der Waals surface area contributed by atoms with Crippen LogP contribution < -0.4 is 10.6 Å². The average molecular weight is 381 g/mol. The van der Waals surface area contributed by atoms with E-state index in [2.05, 4.69) is 4.90 Å². The fourth-order valence-electron chi connectivity index (χ4n) is 2.89. The van der Waals surface area contributed by atoms with E-state index in [9.17, 15) is 14.9 Å². The molecule has 1 fully saturated rings. The van der Waals surface area contributed by atoms with Gasteiger partial charge in [-0.15, -0.1) is 11.3 Å². The number of carbonyl (C=O) groups is 1. The highest BCUT2D eigenvalue weighted by Crippen LogP contribution is 2.30. The molecule has 1 aliphatic rings. The van der Waals surface area contributed by atoms with Gasteiger partial charge in [-0.25, -0.2) is 0 Å². The summed E-state index contributed by atoms with van der Waals surface area (Å²) in [4.78, 5) is 27.6. The molecule has 0 spiro atoms. The van der Waals surface area contributed by atoms with E-state index < -0.39 is 10.8 Å². The molecule has 0 aliphatic carbocycles. The number of nitro benzene ring substituents is 1. The number of anilines is 1. The predicted octanol–water partition coefficient (Wildman–Crippen LogP) is 2.73. The van der Waals surface area contributed by atoms with Gasteiger partial charge in [0.05, 0.1) is 9.26 Å². The summed E-state index contributed by atoms with van der Waals surface area (Å²) in [5.74, 6) is -0.672. The molecule has 2 aromatic rings. The lowest BCUT2D eigenvalue weighted by Gasteiger charge is -2.35. The summed E-state index contributed by atoms with van der Waals surface area (Å²) in [5.41, 5.74) is 5.79. The number of rotatable bonds is 5. The number of nitro groups is 1. The Bertz CT molecular complexity index is 802. The number of primary amides is 1. The Hall–Kier alpha value is -2.16. The Morgan fingerprint density at radius 3 is 2.52 bits per heavy atom. The number of halogens is 1. The molecular weight excluding hydrogens is 364 g/mol. The van der Waals surface area contributed by atoms with Crippen LogP contribution in [-0.2, 0) is 6.54 Å². The Balaban J connectivity index is 1.70. The van der Waals surface area contributed by atoms with Crippen LogP contribution in [0.3, 0.4) is 0 Å². The van der Waals surface area contributed by atoms with Crippen LogP contribution in [0.1, 0.15) is 15.2 Å². The van der Waals surface area contributed by atoms with E-state index in [0.717, 1.165) is 24.0 Å². The SMILES string of the molecule is NC(=O)c1ccc(N2CCN(Cc3ccc(Cl)s3)CC2)c([N+](=O)[O-])c1. The van der Waals surface area contributed by atoms with Gasteiger partial charge >= 0.3 is 0 Å². The Labute approximate surface area is 153 Å². The molecule has 25 heavy (non-hydrogen) atoms. The maximum Gasteiger partial charge on any atom is 0.293 e. The average Bonchev–Trinajstić information content (AvgIpc) is 3.00. The zero-order chi connectivity index (χ0) is 18.0.